The Labute approximate surface area is 439 Å². The van der Waals surface area contributed by atoms with Crippen LogP contribution in [0, 0.1) is 0 Å². The summed E-state index contributed by atoms with van der Waals surface area (Å²) in [7, 11) is 0. The van der Waals surface area contributed by atoms with Crippen molar-refractivity contribution in [3.63, 3.8) is 0 Å². The van der Waals surface area contributed by atoms with Crippen molar-refractivity contribution in [1.82, 2.24) is 0 Å². The van der Waals surface area contributed by atoms with E-state index >= 15 is 0 Å². The van der Waals surface area contributed by atoms with Gasteiger partial charge in [-0.3, -0.25) is 0 Å². The molecule has 72 heavy (non-hydrogen) atoms. The molecule has 0 saturated heterocycles. The Balaban J connectivity index is 1.47. The lowest BCUT2D eigenvalue weighted by Gasteiger charge is -2.18. The fraction of sp³-hybridized carbons (Fsp3) is 0.545. The lowest BCUT2D eigenvalue weighted by Crippen LogP contribution is -2.06. The van der Waals surface area contributed by atoms with Crippen LogP contribution in [0.4, 0.5) is 0 Å². The van der Waals surface area contributed by atoms with Gasteiger partial charge in [0.25, 0.3) is 0 Å². The maximum atomic E-state index is 6.46. The summed E-state index contributed by atoms with van der Waals surface area (Å²) < 4.78 is 38.8. The molecule has 0 bridgehead atoms. The third kappa shape index (κ3) is 24.5. The lowest BCUT2D eigenvalue weighted by molar-refractivity contribution is 0.234. The van der Waals surface area contributed by atoms with Crippen LogP contribution in [0.15, 0.2) is 72.8 Å². The van der Waals surface area contributed by atoms with E-state index in [0.717, 1.165) is 119 Å². The van der Waals surface area contributed by atoms with Crippen LogP contribution in [0.5, 0.6) is 34.5 Å². The van der Waals surface area contributed by atoms with Gasteiger partial charge in [-0.25, -0.2) is 0 Å². The quantitative estimate of drug-likeness (QED) is 0.0326. The largest absolute Gasteiger partial charge is 0.490 e. The number of benzene rings is 4. The molecule has 0 aliphatic carbocycles. The zero-order valence-electron chi connectivity index (χ0n) is 46.1. The second-order valence-electron chi connectivity index (χ2n) is 19.5. The Morgan fingerprint density at radius 1 is 0.236 bits per heavy atom. The Bertz CT molecular complexity index is 1860. The third-order valence-electron chi connectivity index (χ3n) is 12.9. The Morgan fingerprint density at radius 3 is 0.639 bits per heavy atom. The molecule has 0 radical (unpaired) electrons. The van der Waals surface area contributed by atoms with Crippen LogP contribution in [-0.2, 0) is 0 Å². The van der Waals surface area contributed by atoms with E-state index in [9.17, 15) is 0 Å². The van der Waals surface area contributed by atoms with E-state index in [2.05, 4.69) is 151 Å². The number of hydrogen-bond acceptors (Lipinski definition) is 6. The van der Waals surface area contributed by atoms with E-state index in [1.165, 1.54) is 103 Å². The molecule has 0 amide bonds. The van der Waals surface area contributed by atoms with Gasteiger partial charge in [0.15, 0.2) is 23.0 Å². The first-order valence-electron chi connectivity index (χ1n) is 28.9. The zero-order valence-corrected chi connectivity index (χ0v) is 46.1. The van der Waals surface area contributed by atoms with Gasteiger partial charge in [0.2, 0.25) is 11.5 Å². The van der Waals surface area contributed by atoms with Crippen molar-refractivity contribution in [3.05, 3.63) is 106 Å². The standard InChI is InChI=1S/C66H96O6/c1-7-13-19-25-45-67-61-51-59(52-62(68-46-26-20-14-8-2)65(61)71-49-29-23-17-11-5)43-41-57-37-33-55(34-38-57)31-32-56-35-39-58(40-36-56)42-44-60-53-63(69-47-27-21-15-9-3)66(72-50-30-24-18-12-6)64(54-60)70-48-28-22-16-10-4/h31-44,51-54H,7-30,45-50H2,1-6H3/b32-31+,43-41+,44-42+. The van der Waals surface area contributed by atoms with E-state index in [0.29, 0.717) is 39.6 Å². The predicted molar refractivity (Wildman–Crippen MR) is 310 cm³/mol. The summed E-state index contributed by atoms with van der Waals surface area (Å²) in [5.74, 6) is 4.61. The predicted octanol–water partition coefficient (Wildman–Crippen LogP) is 20.0. The Kier molecular flexibility index (Phi) is 31.8. The molecule has 0 unspecified atom stereocenters. The van der Waals surface area contributed by atoms with Gasteiger partial charge in [-0.15, -0.1) is 0 Å². The summed E-state index contributed by atoms with van der Waals surface area (Å²) in [6, 6.07) is 25.9. The highest BCUT2D eigenvalue weighted by Crippen LogP contribution is 2.42. The summed E-state index contributed by atoms with van der Waals surface area (Å²) >= 11 is 0. The highest BCUT2D eigenvalue weighted by atomic mass is 16.5. The van der Waals surface area contributed by atoms with Crippen molar-refractivity contribution in [2.75, 3.05) is 39.6 Å². The molecule has 396 valence electrons. The summed E-state index contributed by atoms with van der Waals surface area (Å²) in [4.78, 5) is 0. The van der Waals surface area contributed by atoms with E-state index in [4.69, 9.17) is 28.4 Å². The fourth-order valence-corrected chi connectivity index (χ4v) is 8.36. The summed E-state index contributed by atoms with van der Waals surface area (Å²) in [5.41, 5.74) is 6.63. The molecule has 0 fully saturated rings. The number of ether oxygens (including phenoxy) is 6. The maximum absolute atomic E-state index is 6.46. The molecule has 4 aromatic carbocycles. The van der Waals surface area contributed by atoms with Gasteiger partial charge >= 0.3 is 0 Å². The van der Waals surface area contributed by atoms with Crippen molar-refractivity contribution in [3.8, 4) is 34.5 Å². The van der Waals surface area contributed by atoms with Crippen molar-refractivity contribution in [1.29, 1.82) is 0 Å². The van der Waals surface area contributed by atoms with Crippen LogP contribution in [0.25, 0.3) is 36.5 Å². The van der Waals surface area contributed by atoms with E-state index in [1.807, 2.05) is 0 Å². The SMILES string of the molecule is CCCCCCOc1cc(/C=C/c2ccc(/C=C/c3ccc(/C=C/c4cc(OCCCCCC)c(OCCCCCC)c(OCCCCCC)c4)cc3)cc2)cc(OCCCCCC)c1OCCCCCC. The van der Waals surface area contributed by atoms with Crippen LogP contribution >= 0.6 is 0 Å². The smallest absolute Gasteiger partial charge is 0.203 e. The van der Waals surface area contributed by atoms with Crippen LogP contribution < -0.4 is 28.4 Å². The van der Waals surface area contributed by atoms with Crippen molar-refractivity contribution in [2.24, 2.45) is 0 Å². The van der Waals surface area contributed by atoms with Crippen LogP contribution in [0.2, 0.25) is 0 Å². The van der Waals surface area contributed by atoms with Gasteiger partial charge in [0.1, 0.15) is 0 Å². The van der Waals surface area contributed by atoms with Crippen LogP contribution in [0.3, 0.4) is 0 Å². The summed E-state index contributed by atoms with van der Waals surface area (Å²) in [6.45, 7) is 17.4. The van der Waals surface area contributed by atoms with Gasteiger partial charge in [0.05, 0.1) is 39.6 Å². The minimum absolute atomic E-state index is 0.662. The highest BCUT2D eigenvalue weighted by Gasteiger charge is 2.17. The highest BCUT2D eigenvalue weighted by molar-refractivity contribution is 5.76. The summed E-state index contributed by atoms with van der Waals surface area (Å²) in [5, 5.41) is 0. The topological polar surface area (TPSA) is 55.4 Å². The normalized spacial score (nSPS) is 11.6. The molecule has 0 spiro atoms. The number of hydrogen-bond donors (Lipinski definition) is 0. The maximum Gasteiger partial charge on any atom is 0.203 e. The number of rotatable bonds is 42. The molecule has 0 aliphatic rings. The van der Waals surface area contributed by atoms with Crippen molar-refractivity contribution < 1.29 is 28.4 Å². The van der Waals surface area contributed by atoms with Gasteiger partial charge in [-0.05, 0) is 96.2 Å². The summed E-state index contributed by atoms with van der Waals surface area (Å²) in [6.07, 6.45) is 40.7. The average Bonchev–Trinajstić information content (AvgIpc) is 3.40. The zero-order chi connectivity index (χ0) is 51.1. The fourth-order valence-electron chi connectivity index (χ4n) is 8.36. The second kappa shape index (κ2) is 38.5. The van der Waals surface area contributed by atoms with E-state index in [1.54, 1.807) is 0 Å². The molecule has 0 N–H and O–H groups in total. The van der Waals surface area contributed by atoms with Crippen LogP contribution in [0.1, 0.15) is 229 Å². The Morgan fingerprint density at radius 2 is 0.431 bits per heavy atom. The van der Waals surface area contributed by atoms with Gasteiger partial charge in [-0.1, -0.05) is 242 Å². The molecule has 4 rings (SSSR count). The minimum atomic E-state index is 0.662. The molecule has 0 heterocycles. The monoisotopic (exact) mass is 985 g/mol. The molecule has 0 aromatic heterocycles. The molecule has 0 atom stereocenters. The molecular weight excluding hydrogens is 889 g/mol. The lowest BCUT2D eigenvalue weighted by atomic mass is 10.1. The molecule has 0 aliphatic heterocycles. The van der Waals surface area contributed by atoms with Crippen molar-refractivity contribution >= 4 is 36.5 Å². The van der Waals surface area contributed by atoms with Crippen molar-refractivity contribution in [2.45, 2.75) is 196 Å². The number of unbranched alkanes of at least 4 members (excludes halogenated alkanes) is 18. The molecule has 0 saturated carbocycles. The average molecular weight is 985 g/mol. The first kappa shape index (κ1) is 59.5. The molecule has 6 heteroatoms. The van der Waals surface area contributed by atoms with E-state index in [-0.39, 0.29) is 0 Å². The first-order valence-corrected chi connectivity index (χ1v) is 28.9. The Hall–Kier alpha value is -5.10. The minimum Gasteiger partial charge on any atom is -0.490 e. The van der Waals surface area contributed by atoms with Gasteiger partial charge < -0.3 is 28.4 Å². The molecule has 6 nitrogen and oxygen atoms in total. The van der Waals surface area contributed by atoms with Gasteiger partial charge in [0, 0.05) is 0 Å². The van der Waals surface area contributed by atoms with Crippen LogP contribution in [-0.4, -0.2) is 39.6 Å². The first-order chi connectivity index (χ1) is 35.5. The van der Waals surface area contributed by atoms with E-state index < -0.39 is 0 Å². The van der Waals surface area contributed by atoms with Gasteiger partial charge in [-0.2, -0.15) is 0 Å². The second-order valence-corrected chi connectivity index (χ2v) is 19.5. The molecule has 4 aromatic rings. The third-order valence-corrected chi connectivity index (χ3v) is 12.9. The molecular formula is C66H96O6.